The molecule has 5 amide bonds. The third-order valence-corrected chi connectivity index (χ3v) is 14.8. The fraction of sp³-hybridized carbons (Fsp3) is 0.796. The van der Waals surface area contributed by atoms with Crippen molar-refractivity contribution in [1.29, 1.82) is 0 Å². The Kier molecular flexibility index (Phi) is 45.0. The number of carbonyl (C=O) groups excluding carboxylic acids is 7. The Morgan fingerprint density at radius 2 is 1.08 bits per heavy atom. The molecule has 1 rings (SSSR count). The number of carbonyl (C=O) groups is 10. The number of thioether (sulfide) groups is 1. The minimum Gasteiger partial charge on any atom is -0.481 e. The maximum absolute atomic E-state index is 12.6. The van der Waals surface area contributed by atoms with Crippen LogP contribution in [0.4, 0.5) is 0 Å². The lowest BCUT2D eigenvalue weighted by Crippen LogP contribution is -2.42. The van der Waals surface area contributed by atoms with Crippen molar-refractivity contribution >= 4 is 80.8 Å². The molecule has 0 bridgehead atoms. The Bertz CT molecular complexity index is 2180. The van der Waals surface area contributed by atoms with Gasteiger partial charge in [0, 0.05) is 64.6 Å². The number of hydrogen-bond donors (Lipinski definition) is 9. The number of aromatic amines is 1. The van der Waals surface area contributed by atoms with Gasteiger partial charge in [-0.25, -0.2) is 18.0 Å². The Hall–Kier alpha value is -5.69. The number of aromatic nitrogens is 4. The van der Waals surface area contributed by atoms with E-state index in [9.17, 15) is 71.7 Å². The second kappa shape index (κ2) is 49.6. The number of Topliss-reactive ketones (excluding diaryl/α,β-unsaturated/α-hetero) is 2. The van der Waals surface area contributed by atoms with Crippen LogP contribution in [0, 0.1) is 5.92 Å². The average molecular weight is 1240 g/mol. The minimum absolute atomic E-state index is 0.00708. The van der Waals surface area contributed by atoms with E-state index in [1.54, 1.807) is 6.26 Å². The highest BCUT2D eigenvalue weighted by molar-refractivity contribution is 7.99. The first-order chi connectivity index (χ1) is 40.3. The van der Waals surface area contributed by atoms with Gasteiger partial charge in [-0.1, -0.05) is 75.8 Å². The number of carboxylic acid groups (broad SMARTS) is 3. The van der Waals surface area contributed by atoms with Crippen molar-refractivity contribution in [2.75, 3.05) is 83.7 Å². The van der Waals surface area contributed by atoms with E-state index in [1.165, 1.54) is 56.7 Å². The molecule has 84 heavy (non-hydrogen) atoms. The molecule has 480 valence electrons. The second-order valence-corrected chi connectivity index (χ2v) is 23.0. The molecule has 0 aliphatic rings. The highest BCUT2D eigenvalue weighted by Crippen LogP contribution is 2.16. The van der Waals surface area contributed by atoms with Gasteiger partial charge >= 0.3 is 17.9 Å². The number of ketones is 2. The number of rotatable bonds is 58. The fourth-order valence-electron chi connectivity index (χ4n) is 8.30. The van der Waals surface area contributed by atoms with E-state index < -0.39 is 101 Å². The number of nitrogens with zero attached hydrogens (tertiary/aromatic N) is 3. The summed E-state index contributed by atoms with van der Waals surface area (Å²) in [5, 5.41) is 52.6. The van der Waals surface area contributed by atoms with E-state index in [-0.39, 0.29) is 115 Å². The zero-order valence-electron chi connectivity index (χ0n) is 48.8. The molecule has 0 aliphatic heterocycles. The molecule has 0 spiro atoms. The Morgan fingerprint density at radius 3 is 1.70 bits per heavy atom. The number of nitrogens with one attached hydrogen (secondary N) is 6. The third-order valence-electron chi connectivity index (χ3n) is 12.9. The number of amides is 5. The molecule has 9 N–H and O–H groups in total. The number of ether oxygens (including phenoxy) is 4. The molecule has 3 unspecified atom stereocenters. The number of carboxylic acids is 3. The van der Waals surface area contributed by atoms with Gasteiger partial charge in [0.2, 0.25) is 39.6 Å². The number of aliphatic carboxylic acids is 3. The smallest absolute Gasteiger partial charge is 0.326 e. The molecular formula is C54H93N9O19S2. The number of aryl methyl sites for hydroxylation is 1. The van der Waals surface area contributed by atoms with Crippen molar-refractivity contribution < 1.29 is 90.6 Å². The Morgan fingerprint density at radius 1 is 0.512 bits per heavy atom. The first kappa shape index (κ1) is 76.3. The summed E-state index contributed by atoms with van der Waals surface area (Å²) in [6.07, 6.45) is 16.9. The van der Waals surface area contributed by atoms with Crippen molar-refractivity contribution in [3.63, 3.8) is 0 Å². The number of H-pyrrole nitrogens is 1. The van der Waals surface area contributed by atoms with E-state index in [2.05, 4.69) is 46.6 Å². The standard InChI is InChI=1S/C54H93N9O19S2/c1-83-40-51(70)55-28-16-15-20-44(53(73)74)58-50(69)39-82-35-32-79-30-17-19-42(64)25-26-45(54(75)76)57-48(67)27-24-41(52(71)72)37-43(65)38-81-34-33-80-31-29-56-47(66)23-18-36-84(77,78)61-49(68)22-14-12-10-8-6-4-2-3-5-7-9-11-13-21-46-59-62-63-60-46/h41,44-45H,2-40H2,1H3,(H,55,70)(H,56,66)(H,57,67)(H,58,69)(H,61,68)(H,71,72)(H,73,74)(H,75,76)(H,59,60,62,63). The topological polar surface area (TPSA) is 417 Å². The van der Waals surface area contributed by atoms with Gasteiger partial charge in [0.05, 0.1) is 50.5 Å². The third kappa shape index (κ3) is 44.8. The first-order valence-corrected chi connectivity index (χ1v) is 32.3. The van der Waals surface area contributed by atoms with Crippen molar-refractivity contribution in [2.24, 2.45) is 5.92 Å². The van der Waals surface area contributed by atoms with Gasteiger partial charge in [0.15, 0.2) is 11.6 Å². The molecule has 0 saturated heterocycles. The fourth-order valence-corrected chi connectivity index (χ4v) is 9.74. The maximum Gasteiger partial charge on any atom is 0.326 e. The van der Waals surface area contributed by atoms with Crippen LogP contribution in [0.15, 0.2) is 0 Å². The highest BCUT2D eigenvalue weighted by Gasteiger charge is 2.26. The minimum atomic E-state index is -3.88. The van der Waals surface area contributed by atoms with Gasteiger partial charge in [-0.2, -0.15) is 17.0 Å². The van der Waals surface area contributed by atoms with Crippen LogP contribution in [-0.4, -0.2) is 199 Å². The Labute approximate surface area is 497 Å². The predicted octanol–water partition coefficient (Wildman–Crippen LogP) is 2.97. The molecule has 1 aromatic rings. The predicted molar refractivity (Wildman–Crippen MR) is 308 cm³/mol. The summed E-state index contributed by atoms with van der Waals surface area (Å²) in [4.78, 5) is 121. The van der Waals surface area contributed by atoms with Gasteiger partial charge in [-0.05, 0) is 64.0 Å². The second-order valence-electron chi connectivity index (χ2n) is 20.2. The molecule has 30 heteroatoms. The van der Waals surface area contributed by atoms with Gasteiger partial charge < -0.3 is 55.5 Å². The van der Waals surface area contributed by atoms with Crippen LogP contribution in [0.2, 0.25) is 0 Å². The quantitative estimate of drug-likeness (QED) is 0.0423. The zero-order chi connectivity index (χ0) is 62.1. The Balaban J connectivity index is 2.09. The largest absolute Gasteiger partial charge is 0.481 e. The monoisotopic (exact) mass is 1240 g/mol. The molecule has 0 saturated carbocycles. The van der Waals surface area contributed by atoms with Crippen LogP contribution in [0.5, 0.6) is 0 Å². The summed E-state index contributed by atoms with van der Waals surface area (Å²) < 4.78 is 48.1. The zero-order valence-corrected chi connectivity index (χ0v) is 50.5. The maximum atomic E-state index is 12.6. The van der Waals surface area contributed by atoms with Crippen LogP contribution in [0.3, 0.4) is 0 Å². The lowest BCUT2D eigenvalue weighted by atomic mass is 9.97. The molecule has 28 nitrogen and oxygen atoms in total. The molecule has 1 heterocycles. The van der Waals surface area contributed by atoms with E-state index in [1.807, 2.05) is 0 Å². The molecule has 3 atom stereocenters. The average Bonchev–Trinajstić information content (AvgIpc) is 4.01. The van der Waals surface area contributed by atoms with Crippen LogP contribution >= 0.6 is 11.8 Å². The van der Waals surface area contributed by atoms with E-state index >= 15 is 0 Å². The van der Waals surface area contributed by atoms with Crippen molar-refractivity contribution in [2.45, 2.75) is 185 Å². The number of sulfonamides is 1. The summed E-state index contributed by atoms with van der Waals surface area (Å²) in [7, 11) is -3.88. The van der Waals surface area contributed by atoms with Crippen LogP contribution in [-0.2, 0) is 83.3 Å². The van der Waals surface area contributed by atoms with E-state index in [0.29, 0.717) is 38.0 Å². The SMILES string of the molecule is CSCC(=O)NCCCCC(NC(=O)COCCOCCCC(=O)CCC(NC(=O)CCC(CC(=O)COCCOCCNC(=O)CCCS(=O)(=O)NC(=O)CCCCCCCCCCCCCCCc1nn[nH]n1)C(=O)O)C(=O)O)C(=O)O. The number of tetrazole rings is 1. The van der Waals surface area contributed by atoms with E-state index in [4.69, 9.17) is 18.9 Å². The summed E-state index contributed by atoms with van der Waals surface area (Å²) in [5.41, 5.74) is 0. The van der Waals surface area contributed by atoms with Crippen molar-refractivity contribution in [1.82, 2.24) is 46.6 Å². The van der Waals surface area contributed by atoms with Crippen molar-refractivity contribution in [3.8, 4) is 0 Å². The van der Waals surface area contributed by atoms with Crippen LogP contribution in [0.1, 0.15) is 173 Å². The molecule has 0 fully saturated rings. The van der Waals surface area contributed by atoms with Gasteiger partial charge in [-0.3, -0.25) is 43.1 Å². The normalized spacial score (nSPS) is 12.4. The summed E-state index contributed by atoms with van der Waals surface area (Å²) in [6.45, 7) is 0.0139. The lowest BCUT2D eigenvalue weighted by Gasteiger charge is -2.16. The van der Waals surface area contributed by atoms with Crippen LogP contribution in [0.25, 0.3) is 0 Å². The summed E-state index contributed by atoms with van der Waals surface area (Å²) >= 11 is 1.39. The molecule has 0 radical (unpaired) electrons. The molecular weight excluding hydrogens is 1140 g/mol. The lowest BCUT2D eigenvalue weighted by molar-refractivity contribution is -0.145. The molecule has 1 aromatic heterocycles. The van der Waals surface area contributed by atoms with E-state index in [0.717, 1.165) is 44.3 Å². The van der Waals surface area contributed by atoms with Gasteiger partial charge in [0.1, 0.15) is 31.1 Å². The van der Waals surface area contributed by atoms with Gasteiger partial charge in [-0.15, -0.1) is 10.2 Å². The summed E-state index contributed by atoms with van der Waals surface area (Å²) in [6, 6.07) is -2.54. The van der Waals surface area contributed by atoms with Crippen molar-refractivity contribution in [3.05, 3.63) is 5.82 Å². The number of unbranched alkanes of at least 4 members (excludes halogenated alkanes) is 13. The van der Waals surface area contributed by atoms with Gasteiger partial charge in [0.25, 0.3) is 0 Å². The number of hydrogen-bond acceptors (Lipinski definition) is 20. The summed E-state index contributed by atoms with van der Waals surface area (Å²) in [5.74, 6) is -7.79. The molecule has 0 aliphatic carbocycles. The highest BCUT2D eigenvalue weighted by atomic mass is 32.2. The first-order valence-electron chi connectivity index (χ1n) is 29.2. The van der Waals surface area contributed by atoms with Crippen LogP contribution < -0.4 is 26.0 Å². The molecule has 0 aromatic carbocycles.